The van der Waals surface area contributed by atoms with Gasteiger partial charge in [-0.2, -0.15) is 5.10 Å². The third-order valence-electron chi connectivity index (χ3n) is 1.46. The van der Waals surface area contributed by atoms with Crippen molar-refractivity contribution in [2.45, 2.75) is 19.0 Å². The number of hydrogen-bond donors (Lipinski definition) is 2. The second kappa shape index (κ2) is 5.99. The Morgan fingerprint density at radius 2 is 2.46 bits per heavy atom. The number of aromatic amines is 1. The summed E-state index contributed by atoms with van der Waals surface area (Å²) in [7, 11) is 0. The summed E-state index contributed by atoms with van der Waals surface area (Å²) < 4.78 is 0. The van der Waals surface area contributed by atoms with Crippen LogP contribution in [0.4, 0.5) is 0 Å². The molecule has 0 radical (unpaired) electrons. The maximum atomic E-state index is 4.02. The molecule has 0 atom stereocenters. The number of H-pyrrole nitrogens is 1. The lowest BCUT2D eigenvalue weighted by atomic mass is 10.2. The summed E-state index contributed by atoms with van der Waals surface area (Å²) in [6.45, 7) is 6.51. The van der Waals surface area contributed by atoms with Crippen LogP contribution in [0.1, 0.15) is 13.8 Å². The third kappa shape index (κ3) is 4.90. The molecule has 5 heteroatoms. The Morgan fingerprint density at radius 3 is 3.08 bits per heavy atom. The van der Waals surface area contributed by atoms with Gasteiger partial charge in [0, 0.05) is 12.3 Å². The van der Waals surface area contributed by atoms with Crippen LogP contribution in [0.5, 0.6) is 0 Å². The van der Waals surface area contributed by atoms with Crippen molar-refractivity contribution in [2.75, 3.05) is 18.8 Å². The van der Waals surface area contributed by atoms with Crippen LogP contribution >= 0.6 is 11.8 Å². The zero-order chi connectivity index (χ0) is 9.52. The van der Waals surface area contributed by atoms with Gasteiger partial charge in [0.05, 0.1) is 0 Å². The van der Waals surface area contributed by atoms with Crippen molar-refractivity contribution in [3.05, 3.63) is 6.33 Å². The number of thioether (sulfide) groups is 1. The second-order valence-corrected chi connectivity index (χ2v) is 4.32. The summed E-state index contributed by atoms with van der Waals surface area (Å²) in [6, 6.07) is 0. The highest BCUT2D eigenvalue weighted by Gasteiger charge is 1.96. The first-order chi connectivity index (χ1) is 6.29. The molecular weight excluding hydrogens is 184 g/mol. The van der Waals surface area contributed by atoms with E-state index in [0.717, 1.165) is 29.9 Å². The molecule has 0 saturated carbocycles. The molecule has 0 aliphatic heterocycles. The molecule has 0 saturated heterocycles. The van der Waals surface area contributed by atoms with Crippen LogP contribution in [0.15, 0.2) is 11.5 Å². The number of nitrogens with zero attached hydrogens (tertiary/aromatic N) is 2. The van der Waals surface area contributed by atoms with Gasteiger partial charge in [-0.3, -0.25) is 5.10 Å². The molecule has 2 N–H and O–H groups in total. The maximum absolute atomic E-state index is 4.02. The van der Waals surface area contributed by atoms with E-state index in [2.05, 4.69) is 34.3 Å². The molecule has 1 heterocycles. The molecule has 0 aliphatic carbocycles. The van der Waals surface area contributed by atoms with Crippen LogP contribution in [-0.2, 0) is 0 Å². The Hall–Kier alpha value is -0.550. The summed E-state index contributed by atoms with van der Waals surface area (Å²) in [6.07, 6.45) is 1.53. The Morgan fingerprint density at radius 1 is 1.62 bits per heavy atom. The molecule has 1 rings (SSSR count). The molecule has 0 aliphatic rings. The third-order valence-corrected chi connectivity index (χ3v) is 2.34. The highest BCUT2D eigenvalue weighted by atomic mass is 32.2. The highest BCUT2D eigenvalue weighted by Crippen LogP contribution is 2.08. The van der Waals surface area contributed by atoms with Crippen molar-refractivity contribution in [1.82, 2.24) is 20.5 Å². The molecule has 1 aromatic heterocycles. The van der Waals surface area contributed by atoms with E-state index in [9.17, 15) is 0 Å². The molecule has 0 bridgehead atoms. The van der Waals surface area contributed by atoms with E-state index in [-0.39, 0.29) is 0 Å². The zero-order valence-electron chi connectivity index (χ0n) is 8.08. The van der Waals surface area contributed by atoms with Gasteiger partial charge in [0.25, 0.3) is 0 Å². The normalized spacial score (nSPS) is 11.0. The maximum Gasteiger partial charge on any atom is 0.183 e. The van der Waals surface area contributed by atoms with Gasteiger partial charge in [-0.15, -0.1) is 0 Å². The Bertz CT molecular complexity index is 210. The smallest absolute Gasteiger partial charge is 0.183 e. The fourth-order valence-electron chi connectivity index (χ4n) is 0.874. The van der Waals surface area contributed by atoms with Gasteiger partial charge < -0.3 is 5.32 Å². The van der Waals surface area contributed by atoms with Crippen molar-refractivity contribution < 1.29 is 0 Å². The number of nitrogens with one attached hydrogen (secondary N) is 2. The monoisotopic (exact) mass is 200 g/mol. The van der Waals surface area contributed by atoms with Gasteiger partial charge in [-0.1, -0.05) is 25.6 Å². The van der Waals surface area contributed by atoms with Gasteiger partial charge in [0.2, 0.25) is 0 Å². The fraction of sp³-hybridized carbons (Fsp3) is 0.750. The molecular formula is C8H16N4S. The molecule has 0 aromatic carbocycles. The van der Waals surface area contributed by atoms with E-state index < -0.39 is 0 Å². The van der Waals surface area contributed by atoms with E-state index in [1.54, 1.807) is 11.8 Å². The largest absolute Gasteiger partial charge is 0.316 e. The van der Waals surface area contributed by atoms with Gasteiger partial charge >= 0.3 is 0 Å². The molecule has 0 amide bonds. The molecule has 0 spiro atoms. The summed E-state index contributed by atoms with van der Waals surface area (Å²) in [5.74, 6) is 1.75. The summed E-state index contributed by atoms with van der Waals surface area (Å²) in [5.41, 5.74) is 0. The van der Waals surface area contributed by atoms with Gasteiger partial charge in [0.1, 0.15) is 6.33 Å². The Balaban J connectivity index is 1.96. The van der Waals surface area contributed by atoms with E-state index in [0.29, 0.717) is 0 Å². The molecule has 0 fully saturated rings. The van der Waals surface area contributed by atoms with E-state index in [1.807, 2.05) is 0 Å². The lowest BCUT2D eigenvalue weighted by Crippen LogP contribution is -2.22. The topological polar surface area (TPSA) is 53.6 Å². The predicted molar refractivity (Wildman–Crippen MR) is 54.8 cm³/mol. The molecule has 13 heavy (non-hydrogen) atoms. The molecule has 0 unspecified atom stereocenters. The first kappa shape index (κ1) is 10.5. The van der Waals surface area contributed by atoms with E-state index in [4.69, 9.17) is 0 Å². The van der Waals surface area contributed by atoms with Crippen LogP contribution in [0.2, 0.25) is 0 Å². The minimum atomic E-state index is 0.718. The van der Waals surface area contributed by atoms with Gasteiger partial charge in [0.15, 0.2) is 5.16 Å². The van der Waals surface area contributed by atoms with Crippen LogP contribution in [0.25, 0.3) is 0 Å². The lowest BCUT2D eigenvalue weighted by molar-refractivity contribution is 0.568. The van der Waals surface area contributed by atoms with Crippen molar-refractivity contribution >= 4 is 11.8 Å². The van der Waals surface area contributed by atoms with Crippen LogP contribution < -0.4 is 5.32 Å². The molecule has 1 aromatic rings. The zero-order valence-corrected chi connectivity index (χ0v) is 8.90. The highest BCUT2D eigenvalue weighted by molar-refractivity contribution is 7.99. The van der Waals surface area contributed by atoms with Crippen molar-refractivity contribution in [2.24, 2.45) is 5.92 Å². The Kier molecular flexibility index (Phi) is 4.85. The predicted octanol–water partition coefficient (Wildman–Crippen LogP) is 1.14. The van der Waals surface area contributed by atoms with Gasteiger partial charge in [-0.05, 0) is 12.5 Å². The average Bonchev–Trinajstić information content (AvgIpc) is 2.55. The minimum absolute atomic E-state index is 0.718. The first-order valence-corrected chi connectivity index (χ1v) is 5.46. The second-order valence-electron chi connectivity index (χ2n) is 3.24. The van der Waals surface area contributed by atoms with Crippen LogP contribution in [-0.4, -0.2) is 34.0 Å². The minimum Gasteiger partial charge on any atom is -0.316 e. The van der Waals surface area contributed by atoms with Gasteiger partial charge in [-0.25, -0.2) is 4.98 Å². The quantitative estimate of drug-likeness (QED) is 0.534. The lowest BCUT2D eigenvalue weighted by Gasteiger charge is -2.05. The van der Waals surface area contributed by atoms with Crippen LogP contribution in [0, 0.1) is 5.92 Å². The fourth-order valence-corrected chi connectivity index (χ4v) is 1.55. The molecule has 4 nitrogen and oxygen atoms in total. The summed E-state index contributed by atoms with van der Waals surface area (Å²) in [4.78, 5) is 4.02. The van der Waals surface area contributed by atoms with Crippen molar-refractivity contribution in [3.8, 4) is 0 Å². The summed E-state index contributed by atoms with van der Waals surface area (Å²) in [5, 5.41) is 10.8. The number of aromatic nitrogens is 3. The average molecular weight is 200 g/mol. The SMILES string of the molecule is CC(C)CNCCSc1ncn[nH]1. The van der Waals surface area contributed by atoms with E-state index >= 15 is 0 Å². The van der Waals surface area contributed by atoms with E-state index in [1.165, 1.54) is 6.33 Å². The molecule has 74 valence electrons. The Labute approximate surface area is 82.9 Å². The van der Waals surface area contributed by atoms with Crippen molar-refractivity contribution in [3.63, 3.8) is 0 Å². The van der Waals surface area contributed by atoms with Crippen molar-refractivity contribution in [1.29, 1.82) is 0 Å². The number of rotatable bonds is 6. The number of hydrogen-bond acceptors (Lipinski definition) is 4. The summed E-state index contributed by atoms with van der Waals surface area (Å²) >= 11 is 1.69. The van der Waals surface area contributed by atoms with Crippen LogP contribution in [0.3, 0.4) is 0 Å². The first-order valence-electron chi connectivity index (χ1n) is 4.48. The standard InChI is InChI=1S/C8H16N4S/c1-7(2)5-9-3-4-13-8-10-6-11-12-8/h6-7,9H,3-5H2,1-2H3,(H,10,11,12).